The van der Waals surface area contributed by atoms with Crippen molar-refractivity contribution in [2.24, 2.45) is 0 Å². The van der Waals surface area contributed by atoms with Gasteiger partial charge in [-0.3, -0.25) is 13.9 Å². The van der Waals surface area contributed by atoms with Gasteiger partial charge in [0, 0.05) is 17.6 Å². The zero-order valence-corrected chi connectivity index (χ0v) is 20.6. The molecule has 0 heterocycles. The van der Waals surface area contributed by atoms with Crippen LogP contribution in [-0.4, -0.2) is 50.5 Å². The van der Waals surface area contributed by atoms with Gasteiger partial charge >= 0.3 is 0 Å². The van der Waals surface area contributed by atoms with E-state index in [-0.39, 0.29) is 18.1 Å². The van der Waals surface area contributed by atoms with Crippen molar-refractivity contribution in [1.29, 1.82) is 0 Å². The summed E-state index contributed by atoms with van der Waals surface area (Å²) in [6.45, 7) is 3.38. The van der Waals surface area contributed by atoms with E-state index >= 15 is 0 Å². The molecule has 0 fully saturated rings. The highest BCUT2D eigenvalue weighted by atomic mass is 79.9. The molecule has 7 nitrogen and oxygen atoms in total. The molecule has 32 heavy (non-hydrogen) atoms. The molecule has 2 rings (SSSR count). The van der Waals surface area contributed by atoms with Gasteiger partial charge in [0.1, 0.15) is 18.4 Å². The first-order valence-electron chi connectivity index (χ1n) is 10.1. The Hall–Kier alpha value is -2.46. The first-order valence-corrected chi connectivity index (χ1v) is 12.7. The van der Waals surface area contributed by atoms with Gasteiger partial charge < -0.3 is 10.2 Å². The van der Waals surface area contributed by atoms with Gasteiger partial charge in [-0.05, 0) is 43.2 Å². The topological polar surface area (TPSA) is 86.8 Å². The molecule has 0 aliphatic carbocycles. The number of para-hydroxylation sites is 1. The maximum atomic E-state index is 14.3. The fourth-order valence-corrected chi connectivity index (χ4v) is 4.36. The van der Waals surface area contributed by atoms with Gasteiger partial charge in [-0.1, -0.05) is 47.1 Å². The second kappa shape index (κ2) is 11.4. The average molecular weight is 528 g/mol. The second-order valence-electron chi connectivity index (χ2n) is 7.34. The quantitative estimate of drug-likeness (QED) is 0.513. The van der Waals surface area contributed by atoms with E-state index in [1.807, 2.05) is 19.1 Å². The maximum Gasteiger partial charge on any atom is 0.244 e. The number of hydrogen-bond donors (Lipinski definition) is 1. The van der Waals surface area contributed by atoms with Crippen LogP contribution in [0.1, 0.15) is 25.8 Å². The molecule has 10 heteroatoms. The monoisotopic (exact) mass is 527 g/mol. The van der Waals surface area contributed by atoms with Crippen LogP contribution >= 0.6 is 15.9 Å². The van der Waals surface area contributed by atoms with E-state index in [0.717, 1.165) is 33.1 Å². The van der Waals surface area contributed by atoms with Crippen LogP contribution in [0.4, 0.5) is 10.1 Å². The highest BCUT2D eigenvalue weighted by molar-refractivity contribution is 9.10. The summed E-state index contributed by atoms with van der Waals surface area (Å²) in [5, 5.41) is 2.76. The highest BCUT2D eigenvalue weighted by Gasteiger charge is 2.30. The van der Waals surface area contributed by atoms with E-state index in [4.69, 9.17) is 0 Å². The number of nitrogens with one attached hydrogen (secondary N) is 1. The first-order chi connectivity index (χ1) is 15.0. The summed E-state index contributed by atoms with van der Waals surface area (Å²) >= 11 is 3.38. The first kappa shape index (κ1) is 25.8. The van der Waals surface area contributed by atoms with Crippen LogP contribution < -0.4 is 9.62 Å². The van der Waals surface area contributed by atoms with E-state index in [2.05, 4.69) is 21.2 Å². The summed E-state index contributed by atoms with van der Waals surface area (Å²) in [5.41, 5.74) is 0.522. The number of halogens is 2. The molecule has 0 radical (unpaired) electrons. The van der Waals surface area contributed by atoms with E-state index in [1.54, 1.807) is 19.1 Å². The lowest BCUT2D eigenvalue weighted by molar-refractivity contribution is -0.139. The van der Waals surface area contributed by atoms with Gasteiger partial charge in [0.15, 0.2) is 0 Å². The van der Waals surface area contributed by atoms with Crippen molar-refractivity contribution >= 4 is 43.5 Å². The number of carbonyl (C=O) groups is 2. The predicted octanol–water partition coefficient (Wildman–Crippen LogP) is 3.30. The molecule has 0 aliphatic rings. The molecule has 0 spiro atoms. The standard InChI is InChI=1S/C22H27BrFN3O4S/c1-4-12-25-22(29)16(2)26(14-17-8-7-9-18(23)13-17)21(28)15-27(32(3,30)31)20-11-6-5-10-19(20)24/h5-11,13,16H,4,12,14-15H2,1-3H3,(H,25,29)/t16-/m0/s1. The normalized spacial score (nSPS) is 12.2. The fraction of sp³-hybridized carbons (Fsp3) is 0.364. The Balaban J connectivity index is 2.38. The molecule has 0 saturated carbocycles. The summed E-state index contributed by atoms with van der Waals surface area (Å²) < 4.78 is 40.6. The summed E-state index contributed by atoms with van der Waals surface area (Å²) in [4.78, 5) is 27.2. The van der Waals surface area contributed by atoms with E-state index in [9.17, 15) is 22.4 Å². The second-order valence-corrected chi connectivity index (χ2v) is 10.2. The minimum atomic E-state index is -3.97. The van der Waals surface area contributed by atoms with Crippen molar-refractivity contribution in [2.75, 3.05) is 23.7 Å². The Morgan fingerprint density at radius 2 is 1.84 bits per heavy atom. The van der Waals surface area contributed by atoms with Crippen LogP contribution in [0.3, 0.4) is 0 Å². The SMILES string of the molecule is CCCNC(=O)[C@H](C)N(Cc1cccc(Br)c1)C(=O)CN(c1ccccc1F)S(C)(=O)=O. The van der Waals surface area contributed by atoms with Crippen molar-refractivity contribution < 1.29 is 22.4 Å². The molecule has 1 atom stereocenters. The fourth-order valence-electron chi connectivity index (χ4n) is 3.06. The van der Waals surface area contributed by atoms with Crippen molar-refractivity contribution in [1.82, 2.24) is 10.2 Å². The average Bonchev–Trinajstić information content (AvgIpc) is 2.73. The lowest BCUT2D eigenvalue weighted by Crippen LogP contribution is -2.51. The van der Waals surface area contributed by atoms with Crippen LogP contribution in [0, 0.1) is 5.82 Å². The number of rotatable bonds is 10. The zero-order valence-electron chi connectivity index (χ0n) is 18.2. The molecule has 0 saturated heterocycles. The van der Waals surface area contributed by atoms with Crippen LogP contribution in [-0.2, 0) is 26.2 Å². The number of anilines is 1. The van der Waals surface area contributed by atoms with Crippen LogP contribution in [0.5, 0.6) is 0 Å². The Labute approximate surface area is 196 Å². The Morgan fingerprint density at radius 3 is 2.44 bits per heavy atom. The van der Waals surface area contributed by atoms with Crippen LogP contribution in [0.15, 0.2) is 53.0 Å². The molecule has 0 unspecified atom stereocenters. The smallest absolute Gasteiger partial charge is 0.244 e. The predicted molar refractivity (Wildman–Crippen MR) is 126 cm³/mol. The molecule has 2 aromatic carbocycles. The third kappa shape index (κ3) is 7.03. The van der Waals surface area contributed by atoms with Gasteiger partial charge in [-0.25, -0.2) is 12.8 Å². The molecule has 0 aromatic heterocycles. The van der Waals surface area contributed by atoms with Gasteiger partial charge in [-0.15, -0.1) is 0 Å². The number of benzene rings is 2. The van der Waals surface area contributed by atoms with Crippen molar-refractivity contribution in [2.45, 2.75) is 32.9 Å². The van der Waals surface area contributed by atoms with Gasteiger partial charge in [-0.2, -0.15) is 0 Å². The van der Waals surface area contributed by atoms with Crippen LogP contribution in [0.2, 0.25) is 0 Å². The third-order valence-electron chi connectivity index (χ3n) is 4.76. The number of sulfonamides is 1. The largest absolute Gasteiger partial charge is 0.354 e. The number of amides is 2. The van der Waals surface area contributed by atoms with Gasteiger partial charge in [0.05, 0.1) is 11.9 Å². The zero-order chi connectivity index (χ0) is 23.9. The molecular weight excluding hydrogens is 501 g/mol. The van der Waals surface area contributed by atoms with E-state index in [0.29, 0.717) is 6.54 Å². The molecule has 1 N–H and O–H groups in total. The van der Waals surface area contributed by atoms with Crippen LogP contribution in [0.25, 0.3) is 0 Å². The van der Waals surface area contributed by atoms with E-state index in [1.165, 1.54) is 23.1 Å². The molecule has 2 amide bonds. The molecule has 2 aromatic rings. The maximum absolute atomic E-state index is 14.3. The number of hydrogen-bond acceptors (Lipinski definition) is 4. The van der Waals surface area contributed by atoms with Crippen molar-refractivity contribution in [3.63, 3.8) is 0 Å². The van der Waals surface area contributed by atoms with Gasteiger partial charge in [0.2, 0.25) is 21.8 Å². The number of carbonyl (C=O) groups excluding carboxylic acids is 2. The summed E-state index contributed by atoms with van der Waals surface area (Å²) in [7, 11) is -3.97. The van der Waals surface area contributed by atoms with Gasteiger partial charge in [0.25, 0.3) is 0 Å². The number of nitrogens with zero attached hydrogens (tertiary/aromatic N) is 2. The molecular formula is C22H27BrFN3O4S. The minimum Gasteiger partial charge on any atom is -0.354 e. The summed E-state index contributed by atoms with van der Waals surface area (Å²) in [6, 6.07) is 11.7. The Morgan fingerprint density at radius 1 is 1.16 bits per heavy atom. The van der Waals surface area contributed by atoms with Crippen molar-refractivity contribution in [3.8, 4) is 0 Å². The third-order valence-corrected chi connectivity index (χ3v) is 6.38. The summed E-state index contributed by atoms with van der Waals surface area (Å²) in [6.07, 6.45) is 1.63. The lowest BCUT2D eigenvalue weighted by atomic mass is 10.1. The molecule has 174 valence electrons. The highest BCUT2D eigenvalue weighted by Crippen LogP contribution is 2.22. The van der Waals surface area contributed by atoms with Crippen molar-refractivity contribution in [3.05, 3.63) is 64.4 Å². The Bertz CT molecular complexity index is 1060. The minimum absolute atomic E-state index is 0.0772. The summed E-state index contributed by atoms with van der Waals surface area (Å²) in [5.74, 6) is -1.75. The van der Waals surface area contributed by atoms with E-state index < -0.39 is 34.3 Å². The molecule has 0 bridgehead atoms. The lowest BCUT2D eigenvalue weighted by Gasteiger charge is -2.31. The Kier molecular flexibility index (Phi) is 9.21. The molecule has 0 aliphatic heterocycles.